The highest BCUT2D eigenvalue weighted by molar-refractivity contribution is 5.94. The molecule has 4 heteroatoms. The van der Waals surface area contributed by atoms with Gasteiger partial charge in [0, 0.05) is 5.69 Å². The monoisotopic (exact) mass is 269 g/mol. The average molecular weight is 269 g/mol. The molecular formula is C16H15NO3. The van der Waals surface area contributed by atoms with E-state index in [1.165, 1.54) is 0 Å². The molecule has 0 radical (unpaired) electrons. The fraction of sp³-hybridized carbons (Fsp3) is 0.0625. The number of hydrogen-bond acceptors (Lipinski definition) is 3. The zero-order chi connectivity index (χ0) is 14.5. The van der Waals surface area contributed by atoms with Crippen LogP contribution in [-0.4, -0.2) is 16.2 Å². The first-order valence-electron chi connectivity index (χ1n) is 6.12. The summed E-state index contributed by atoms with van der Waals surface area (Å²) in [7, 11) is 0. The van der Waals surface area contributed by atoms with Crippen LogP contribution in [0.5, 0.6) is 5.75 Å². The van der Waals surface area contributed by atoms with Gasteiger partial charge in [-0.2, -0.15) is 0 Å². The molecule has 0 bridgehead atoms. The Balaban J connectivity index is 2.29. The van der Waals surface area contributed by atoms with E-state index < -0.39 is 5.97 Å². The molecule has 2 aromatic rings. The summed E-state index contributed by atoms with van der Waals surface area (Å²) in [4.78, 5) is 11.2. The van der Waals surface area contributed by atoms with Crippen LogP contribution in [0.4, 0.5) is 5.69 Å². The molecule has 2 aromatic carbocycles. The second kappa shape index (κ2) is 5.93. The zero-order valence-electron chi connectivity index (χ0n) is 10.8. The third-order valence-electron chi connectivity index (χ3n) is 2.96. The van der Waals surface area contributed by atoms with Crippen molar-refractivity contribution in [2.24, 2.45) is 0 Å². The lowest BCUT2D eigenvalue weighted by Gasteiger charge is -2.18. The molecule has 0 saturated heterocycles. The molecule has 102 valence electrons. The van der Waals surface area contributed by atoms with E-state index in [9.17, 15) is 9.90 Å². The Morgan fingerprint density at radius 3 is 2.40 bits per heavy atom. The third kappa shape index (κ3) is 2.98. The van der Waals surface area contributed by atoms with Gasteiger partial charge in [0.1, 0.15) is 5.75 Å². The van der Waals surface area contributed by atoms with E-state index in [0.717, 1.165) is 5.56 Å². The van der Waals surface area contributed by atoms with Gasteiger partial charge in [-0.25, -0.2) is 4.79 Å². The van der Waals surface area contributed by atoms with E-state index in [1.54, 1.807) is 54.6 Å². The Morgan fingerprint density at radius 1 is 1.15 bits per heavy atom. The zero-order valence-corrected chi connectivity index (χ0v) is 10.8. The maximum atomic E-state index is 11.2. The highest BCUT2D eigenvalue weighted by Gasteiger charge is 2.13. The quantitative estimate of drug-likeness (QED) is 0.727. The third-order valence-corrected chi connectivity index (χ3v) is 2.96. The van der Waals surface area contributed by atoms with Crippen molar-refractivity contribution in [1.29, 1.82) is 0 Å². The second-order valence-electron chi connectivity index (χ2n) is 4.30. The molecule has 0 amide bonds. The molecule has 0 heterocycles. The summed E-state index contributed by atoms with van der Waals surface area (Å²) in [6.07, 6.45) is 1.69. The van der Waals surface area contributed by atoms with E-state index in [2.05, 4.69) is 11.9 Å². The fourth-order valence-corrected chi connectivity index (χ4v) is 1.92. The number of phenols is 1. The van der Waals surface area contributed by atoms with Crippen LogP contribution in [0.15, 0.2) is 61.2 Å². The lowest BCUT2D eigenvalue weighted by molar-refractivity contribution is 0.0698. The van der Waals surface area contributed by atoms with Gasteiger partial charge in [-0.15, -0.1) is 6.58 Å². The maximum absolute atomic E-state index is 11.2. The molecule has 1 unspecified atom stereocenters. The molecule has 0 aliphatic carbocycles. The molecule has 0 spiro atoms. The lowest BCUT2D eigenvalue weighted by atomic mass is 10.1. The van der Waals surface area contributed by atoms with Crippen molar-refractivity contribution in [3.63, 3.8) is 0 Å². The first kappa shape index (κ1) is 13.7. The lowest BCUT2D eigenvalue weighted by Crippen LogP contribution is -2.11. The molecule has 0 aliphatic rings. The molecule has 0 saturated carbocycles. The van der Waals surface area contributed by atoms with Gasteiger partial charge in [0.05, 0.1) is 11.6 Å². The molecule has 4 nitrogen and oxygen atoms in total. The van der Waals surface area contributed by atoms with E-state index in [-0.39, 0.29) is 17.4 Å². The topological polar surface area (TPSA) is 69.6 Å². The summed E-state index contributed by atoms with van der Waals surface area (Å²) in [5, 5.41) is 21.6. The summed E-state index contributed by atoms with van der Waals surface area (Å²) in [5.74, 6) is -0.802. The Bertz CT molecular complexity index is 620. The predicted molar refractivity (Wildman–Crippen MR) is 78.1 cm³/mol. The first-order valence-corrected chi connectivity index (χ1v) is 6.12. The Kier molecular flexibility index (Phi) is 4.05. The van der Waals surface area contributed by atoms with Crippen LogP contribution in [0.3, 0.4) is 0 Å². The number of phenolic OH excluding ortho intramolecular Hbond substituents is 1. The number of para-hydroxylation sites is 1. The smallest absolute Gasteiger partial charge is 0.337 e. The summed E-state index contributed by atoms with van der Waals surface area (Å²) < 4.78 is 0. The van der Waals surface area contributed by atoms with E-state index in [1.807, 2.05) is 0 Å². The van der Waals surface area contributed by atoms with Crippen molar-refractivity contribution in [2.45, 2.75) is 6.04 Å². The minimum Gasteiger partial charge on any atom is -0.508 e. The molecule has 3 N–H and O–H groups in total. The molecule has 0 aliphatic heterocycles. The van der Waals surface area contributed by atoms with Gasteiger partial charge in [-0.05, 0) is 29.8 Å². The molecule has 20 heavy (non-hydrogen) atoms. The van der Waals surface area contributed by atoms with Crippen LogP contribution >= 0.6 is 0 Å². The molecule has 0 aromatic heterocycles. The van der Waals surface area contributed by atoms with Crippen molar-refractivity contribution < 1.29 is 15.0 Å². The Morgan fingerprint density at radius 2 is 1.80 bits per heavy atom. The summed E-state index contributed by atoms with van der Waals surface area (Å²) >= 11 is 0. The number of carboxylic acid groups (broad SMARTS) is 1. The number of aromatic hydroxyl groups is 1. The highest BCUT2D eigenvalue weighted by atomic mass is 16.4. The van der Waals surface area contributed by atoms with Gasteiger partial charge in [-0.1, -0.05) is 30.3 Å². The van der Waals surface area contributed by atoms with Gasteiger partial charge in [-0.3, -0.25) is 0 Å². The average Bonchev–Trinajstić information content (AvgIpc) is 2.46. The van der Waals surface area contributed by atoms with Crippen molar-refractivity contribution in [2.75, 3.05) is 5.32 Å². The van der Waals surface area contributed by atoms with Gasteiger partial charge in [0.2, 0.25) is 0 Å². The SMILES string of the molecule is C=CC(Nc1ccccc1C(=O)O)c1ccc(O)cc1. The minimum absolute atomic E-state index is 0.183. The van der Waals surface area contributed by atoms with E-state index >= 15 is 0 Å². The van der Waals surface area contributed by atoms with E-state index in [4.69, 9.17) is 5.11 Å². The van der Waals surface area contributed by atoms with Crippen LogP contribution in [-0.2, 0) is 0 Å². The molecule has 1 atom stereocenters. The van der Waals surface area contributed by atoms with E-state index in [0.29, 0.717) is 5.69 Å². The number of carbonyl (C=O) groups is 1. The summed E-state index contributed by atoms with van der Waals surface area (Å²) in [6, 6.07) is 13.1. The summed E-state index contributed by atoms with van der Waals surface area (Å²) in [6.45, 7) is 3.76. The largest absolute Gasteiger partial charge is 0.508 e. The van der Waals surface area contributed by atoms with Crippen LogP contribution in [0.1, 0.15) is 22.0 Å². The standard InChI is InChI=1S/C16H15NO3/c1-2-14(11-7-9-12(18)10-8-11)17-15-6-4-3-5-13(15)16(19)20/h2-10,14,17-18H,1H2,(H,19,20). The number of nitrogens with one attached hydrogen (secondary N) is 1. The van der Waals surface area contributed by atoms with Gasteiger partial charge in [0.15, 0.2) is 0 Å². The van der Waals surface area contributed by atoms with Gasteiger partial charge < -0.3 is 15.5 Å². The molecular weight excluding hydrogens is 254 g/mol. The number of hydrogen-bond donors (Lipinski definition) is 3. The van der Waals surface area contributed by atoms with Crippen molar-refractivity contribution in [3.8, 4) is 5.75 Å². The summed E-state index contributed by atoms with van der Waals surface area (Å²) in [5.41, 5.74) is 1.62. The maximum Gasteiger partial charge on any atom is 0.337 e. The minimum atomic E-state index is -0.985. The second-order valence-corrected chi connectivity index (χ2v) is 4.30. The highest BCUT2D eigenvalue weighted by Crippen LogP contribution is 2.24. The Labute approximate surface area is 117 Å². The number of benzene rings is 2. The molecule has 0 fully saturated rings. The fourth-order valence-electron chi connectivity index (χ4n) is 1.92. The van der Waals surface area contributed by atoms with Crippen LogP contribution in [0.2, 0.25) is 0 Å². The Hall–Kier alpha value is -2.75. The number of rotatable bonds is 5. The normalized spacial score (nSPS) is 11.6. The van der Waals surface area contributed by atoms with Gasteiger partial charge >= 0.3 is 5.97 Å². The van der Waals surface area contributed by atoms with Crippen molar-refractivity contribution in [3.05, 3.63) is 72.3 Å². The number of anilines is 1. The van der Waals surface area contributed by atoms with Crippen LogP contribution < -0.4 is 5.32 Å². The van der Waals surface area contributed by atoms with Crippen LogP contribution in [0.25, 0.3) is 0 Å². The van der Waals surface area contributed by atoms with Crippen molar-refractivity contribution >= 4 is 11.7 Å². The van der Waals surface area contributed by atoms with Gasteiger partial charge in [0.25, 0.3) is 0 Å². The van der Waals surface area contributed by atoms with Crippen LogP contribution in [0, 0.1) is 0 Å². The number of carboxylic acids is 1. The first-order chi connectivity index (χ1) is 9.61. The predicted octanol–water partition coefficient (Wildman–Crippen LogP) is 3.43. The molecule has 2 rings (SSSR count). The van der Waals surface area contributed by atoms with Crippen molar-refractivity contribution in [1.82, 2.24) is 0 Å². The number of aromatic carboxylic acids is 1.